The van der Waals surface area contributed by atoms with Crippen LogP contribution in [0.5, 0.6) is 0 Å². The molecule has 0 fully saturated rings. The Morgan fingerprint density at radius 3 is 2.13 bits per heavy atom. The summed E-state index contributed by atoms with van der Waals surface area (Å²) in [5.41, 5.74) is 9.10. The maximum Gasteiger partial charge on any atom is 0.189 e. The largest absolute Gasteiger partial charge is 0.375 e. The van der Waals surface area contributed by atoms with E-state index in [0.717, 1.165) is 28.0 Å². The summed E-state index contributed by atoms with van der Waals surface area (Å²) in [4.78, 5) is 4.21. The molecular formula is C17H16N2O2S2. The molecule has 3 aromatic rings. The number of anilines is 1. The lowest BCUT2D eigenvalue weighted by molar-refractivity contribution is 0.599. The predicted octanol–water partition coefficient (Wildman–Crippen LogP) is 3.85. The van der Waals surface area contributed by atoms with Crippen molar-refractivity contribution in [1.82, 2.24) is 4.98 Å². The number of nitrogen functional groups attached to an aromatic ring is 1. The number of benzene rings is 2. The van der Waals surface area contributed by atoms with Crippen LogP contribution in [0.15, 0.2) is 58.8 Å². The number of hydrogen-bond acceptors (Lipinski definition) is 5. The number of thiazole rings is 1. The Morgan fingerprint density at radius 2 is 1.52 bits per heavy atom. The first kappa shape index (κ1) is 15.7. The molecule has 0 unspecified atom stereocenters. The molecule has 0 atom stereocenters. The molecule has 0 aliphatic carbocycles. The topological polar surface area (TPSA) is 73.0 Å². The van der Waals surface area contributed by atoms with E-state index in [2.05, 4.69) is 4.98 Å². The Labute approximate surface area is 139 Å². The highest BCUT2D eigenvalue weighted by Crippen LogP contribution is 2.35. The van der Waals surface area contributed by atoms with Gasteiger partial charge in [-0.05, 0) is 11.1 Å². The number of hydrogen-bond donors (Lipinski definition) is 1. The minimum atomic E-state index is -3.34. The van der Waals surface area contributed by atoms with Crippen LogP contribution in [-0.2, 0) is 9.84 Å². The Bertz CT molecular complexity index is 915. The van der Waals surface area contributed by atoms with E-state index in [4.69, 9.17) is 5.73 Å². The number of nitrogens with two attached hydrogens (primary N) is 1. The molecule has 0 saturated heterocycles. The Kier molecular flexibility index (Phi) is 4.19. The molecule has 0 amide bonds. The van der Waals surface area contributed by atoms with Gasteiger partial charge in [-0.25, -0.2) is 13.4 Å². The summed E-state index contributed by atoms with van der Waals surface area (Å²) in [6.07, 6.45) is 0. The summed E-state index contributed by atoms with van der Waals surface area (Å²) in [5.74, 6) is 0.0315. The monoisotopic (exact) mass is 344 g/mol. The van der Waals surface area contributed by atoms with E-state index in [-0.39, 0.29) is 15.1 Å². The molecule has 23 heavy (non-hydrogen) atoms. The maximum absolute atomic E-state index is 12.2. The number of sulfone groups is 1. The van der Waals surface area contributed by atoms with Crippen LogP contribution in [0.1, 0.15) is 6.92 Å². The third-order valence-corrected chi connectivity index (χ3v) is 6.75. The van der Waals surface area contributed by atoms with Crippen LogP contribution < -0.4 is 5.73 Å². The van der Waals surface area contributed by atoms with Gasteiger partial charge in [0.1, 0.15) is 9.90 Å². The Morgan fingerprint density at radius 1 is 0.957 bits per heavy atom. The van der Waals surface area contributed by atoms with Gasteiger partial charge in [-0.15, -0.1) is 0 Å². The lowest BCUT2D eigenvalue weighted by Crippen LogP contribution is -2.03. The van der Waals surface area contributed by atoms with Crippen molar-refractivity contribution >= 4 is 26.3 Å². The van der Waals surface area contributed by atoms with Gasteiger partial charge in [-0.1, -0.05) is 72.9 Å². The first-order valence-electron chi connectivity index (χ1n) is 7.16. The predicted molar refractivity (Wildman–Crippen MR) is 95.1 cm³/mol. The van der Waals surface area contributed by atoms with Gasteiger partial charge >= 0.3 is 0 Å². The average molecular weight is 344 g/mol. The van der Waals surface area contributed by atoms with E-state index in [9.17, 15) is 8.42 Å². The highest BCUT2D eigenvalue weighted by Gasteiger charge is 2.22. The molecule has 3 rings (SSSR count). The molecule has 0 saturated carbocycles. The first-order valence-corrected chi connectivity index (χ1v) is 9.63. The van der Waals surface area contributed by atoms with Crippen molar-refractivity contribution in [3.8, 4) is 22.4 Å². The van der Waals surface area contributed by atoms with Gasteiger partial charge in [-0.2, -0.15) is 0 Å². The zero-order chi connectivity index (χ0) is 16.4. The second-order valence-corrected chi connectivity index (χ2v) is 8.54. The lowest BCUT2D eigenvalue weighted by atomic mass is 10.0. The van der Waals surface area contributed by atoms with Crippen LogP contribution in [0.3, 0.4) is 0 Å². The van der Waals surface area contributed by atoms with Gasteiger partial charge in [0.25, 0.3) is 0 Å². The number of rotatable bonds is 4. The van der Waals surface area contributed by atoms with Crippen molar-refractivity contribution in [2.24, 2.45) is 0 Å². The molecule has 1 heterocycles. The highest BCUT2D eigenvalue weighted by atomic mass is 32.2. The molecule has 2 N–H and O–H groups in total. The van der Waals surface area contributed by atoms with Crippen LogP contribution in [0, 0.1) is 0 Å². The van der Waals surface area contributed by atoms with E-state index >= 15 is 0 Å². The molecule has 1 aromatic heterocycles. The van der Waals surface area contributed by atoms with Crippen molar-refractivity contribution in [3.05, 3.63) is 54.6 Å². The van der Waals surface area contributed by atoms with Crippen molar-refractivity contribution in [2.45, 2.75) is 11.1 Å². The molecule has 0 spiro atoms. The zero-order valence-electron chi connectivity index (χ0n) is 12.6. The molecular weight excluding hydrogens is 328 g/mol. The fourth-order valence-corrected chi connectivity index (χ4v) is 4.72. The van der Waals surface area contributed by atoms with Gasteiger partial charge in [0.15, 0.2) is 15.0 Å². The molecule has 0 aliphatic heterocycles. The van der Waals surface area contributed by atoms with Gasteiger partial charge < -0.3 is 5.73 Å². The maximum atomic E-state index is 12.2. The molecule has 0 aliphatic rings. The smallest absolute Gasteiger partial charge is 0.189 e. The van der Waals surface area contributed by atoms with Crippen molar-refractivity contribution in [1.29, 1.82) is 0 Å². The van der Waals surface area contributed by atoms with E-state index < -0.39 is 9.84 Å². The SMILES string of the molecule is CCS(=O)(=O)c1sc(N)nc1-c1ccc(-c2ccccc2)cc1. The van der Waals surface area contributed by atoms with E-state index in [1.807, 2.05) is 54.6 Å². The average Bonchev–Trinajstić information content (AvgIpc) is 2.98. The number of aromatic nitrogens is 1. The molecule has 118 valence electrons. The summed E-state index contributed by atoms with van der Waals surface area (Å²) in [6.45, 7) is 1.62. The van der Waals surface area contributed by atoms with Crippen LogP contribution in [0.2, 0.25) is 0 Å². The molecule has 6 heteroatoms. The minimum absolute atomic E-state index is 0.0315. The summed E-state index contributed by atoms with van der Waals surface area (Å²) >= 11 is 1.02. The summed E-state index contributed by atoms with van der Waals surface area (Å²) < 4.78 is 24.7. The van der Waals surface area contributed by atoms with Gasteiger partial charge in [0.2, 0.25) is 0 Å². The Hall–Kier alpha value is -2.18. The van der Waals surface area contributed by atoms with Crippen LogP contribution >= 0.6 is 11.3 Å². The number of nitrogens with zero attached hydrogens (tertiary/aromatic N) is 1. The second-order valence-electron chi connectivity index (χ2n) is 5.03. The lowest BCUT2D eigenvalue weighted by Gasteiger charge is -2.05. The Balaban J connectivity index is 2.04. The van der Waals surface area contributed by atoms with Crippen molar-refractivity contribution in [2.75, 3.05) is 11.5 Å². The summed E-state index contributed by atoms with van der Waals surface area (Å²) in [6, 6.07) is 17.7. The minimum Gasteiger partial charge on any atom is -0.375 e. The summed E-state index contributed by atoms with van der Waals surface area (Å²) in [5, 5.41) is 0.263. The third kappa shape index (κ3) is 3.13. The molecule has 0 bridgehead atoms. The summed E-state index contributed by atoms with van der Waals surface area (Å²) in [7, 11) is -3.34. The van der Waals surface area contributed by atoms with E-state index in [0.29, 0.717) is 5.69 Å². The van der Waals surface area contributed by atoms with Gasteiger partial charge in [0.05, 0.1) is 5.75 Å². The van der Waals surface area contributed by atoms with E-state index in [1.54, 1.807) is 6.92 Å². The zero-order valence-corrected chi connectivity index (χ0v) is 14.2. The first-order chi connectivity index (χ1) is 11.0. The fourth-order valence-electron chi connectivity index (χ4n) is 2.30. The van der Waals surface area contributed by atoms with Gasteiger partial charge in [0, 0.05) is 5.56 Å². The van der Waals surface area contributed by atoms with E-state index in [1.165, 1.54) is 0 Å². The van der Waals surface area contributed by atoms with Crippen molar-refractivity contribution < 1.29 is 8.42 Å². The van der Waals surface area contributed by atoms with Crippen LogP contribution in [-0.4, -0.2) is 19.2 Å². The molecule has 4 nitrogen and oxygen atoms in total. The van der Waals surface area contributed by atoms with Crippen LogP contribution in [0.25, 0.3) is 22.4 Å². The highest BCUT2D eigenvalue weighted by molar-refractivity contribution is 7.93. The third-order valence-electron chi connectivity index (χ3n) is 3.54. The van der Waals surface area contributed by atoms with Crippen LogP contribution in [0.4, 0.5) is 5.13 Å². The standard InChI is InChI=1S/C17H16N2O2S2/c1-2-23(20,21)16-15(19-17(18)22-16)14-10-8-13(9-11-14)12-6-4-3-5-7-12/h3-11H,2H2,1H3,(H2,18,19). The normalized spacial score (nSPS) is 11.5. The molecule has 2 aromatic carbocycles. The van der Waals surface area contributed by atoms with Crippen molar-refractivity contribution in [3.63, 3.8) is 0 Å². The van der Waals surface area contributed by atoms with Gasteiger partial charge in [-0.3, -0.25) is 0 Å². The molecule has 0 radical (unpaired) electrons. The fraction of sp³-hybridized carbons (Fsp3) is 0.118. The quantitative estimate of drug-likeness (QED) is 0.780. The second kappa shape index (κ2) is 6.14.